The molecule has 3 aromatic rings. The Morgan fingerprint density at radius 1 is 1.11 bits per heavy atom. The van der Waals surface area contributed by atoms with Crippen LogP contribution in [-0.4, -0.2) is 78.6 Å². The highest BCUT2D eigenvalue weighted by Crippen LogP contribution is 2.35. The first kappa shape index (κ1) is 22.2. The number of amides is 1. The van der Waals surface area contributed by atoms with Crippen molar-refractivity contribution in [3.63, 3.8) is 0 Å². The smallest absolute Gasteiger partial charge is 0.339 e. The number of methoxy groups -OCH3 is 1. The Morgan fingerprint density at radius 2 is 1.94 bits per heavy atom. The summed E-state index contributed by atoms with van der Waals surface area (Å²) in [5, 5.41) is 3.39. The normalized spacial score (nSPS) is 22.0. The van der Waals surface area contributed by atoms with Gasteiger partial charge >= 0.3 is 5.97 Å². The maximum absolute atomic E-state index is 13.2. The second kappa shape index (κ2) is 9.09. The van der Waals surface area contributed by atoms with Crippen LogP contribution in [0.4, 0.5) is 5.82 Å². The van der Waals surface area contributed by atoms with Gasteiger partial charge < -0.3 is 14.5 Å². The maximum atomic E-state index is 13.2. The van der Waals surface area contributed by atoms with Crippen molar-refractivity contribution in [1.82, 2.24) is 14.8 Å². The van der Waals surface area contributed by atoms with Crippen molar-refractivity contribution < 1.29 is 14.3 Å². The van der Waals surface area contributed by atoms with Crippen LogP contribution in [0.5, 0.6) is 0 Å². The Bertz CT molecular complexity index is 1290. The number of hydrogen-bond acceptors (Lipinski definition) is 7. The van der Waals surface area contributed by atoms with E-state index >= 15 is 0 Å². The molecule has 1 amide bonds. The van der Waals surface area contributed by atoms with Crippen LogP contribution in [-0.2, 0) is 9.53 Å². The van der Waals surface area contributed by atoms with Crippen molar-refractivity contribution in [3.8, 4) is 0 Å². The molecule has 2 saturated heterocycles. The van der Waals surface area contributed by atoms with Crippen molar-refractivity contribution >= 4 is 44.7 Å². The van der Waals surface area contributed by atoms with Gasteiger partial charge in [0.2, 0.25) is 5.91 Å². The summed E-state index contributed by atoms with van der Waals surface area (Å²) in [6.07, 6.45) is 5.98. The lowest BCUT2D eigenvalue weighted by molar-refractivity contribution is -0.131. The van der Waals surface area contributed by atoms with Crippen molar-refractivity contribution in [1.29, 1.82) is 0 Å². The molecule has 5 heterocycles. The van der Waals surface area contributed by atoms with E-state index in [0.717, 1.165) is 31.7 Å². The Labute approximate surface area is 208 Å². The van der Waals surface area contributed by atoms with Crippen LogP contribution in [0, 0.1) is 0 Å². The molecule has 0 spiro atoms. The van der Waals surface area contributed by atoms with Gasteiger partial charge in [0.25, 0.3) is 0 Å². The quantitative estimate of drug-likeness (QED) is 0.511. The third kappa shape index (κ3) is 4.10. The Balaban J connectivity index is 1.08. The van der Waals surface area contributed by atoms with Gasteiger partial charge in [0.1, 0.15) is 5.82 Å². The summed E-state index contributed by atoms with van der Waals surface area (Å²) >= 11 is 1.76. The number of esters is 1. The number of ether oxygens (including phenoxy) is 1. The zero-order valence-electron chi connectivity index (χ0n) is 19.7. The van der Waals surface area contributed by atoms with Gasteiger partial charge in [-0.3, -0.25) is 9.69 Å². The first-order chi connectivity index (χ1) is 17.1. The fourth-order valence-electron chi connectivity index (χ4n) is 5.75. The summed E-state index contributed by atoms with van der Waals surface area (Å²) in [5.74, 6) is 0.720. The summed E-state index contributed by atoms with van der Waals surface area (Å²) in [6, 6.07) is 12.9. The fourth-order valence-corrected chi connectivity index (χ4v) is 6.70. The first-order valence-corrected chi connectivity index (χ1v) is 13.0. The zero-order chi connectivity index (χ0) is 23.9. The summed E-state index contributed by atoms with van der Waals surface area (Å²) in [4.78, 5) is 36.1. The Morgan fingerprint density at radius 3 is 2.69 bits per heavy atom. The number of benzene rings is 1. The van der Waals surface area contributed by atoms with Gasteiger partial charge in [-0.2, -0.15) is 0 Å². The topological polar surface area (TPSA) is 66.0 Å². The monoisotopic (exact) mass is 488 g/mol. The average Bonchev–Trinajstić information content (AvgIpc) is 3.62. The number of pyridine rings is 1. The number of carbonyl (C=O) groups is 2. The maximum Gasteiger partial charge on any atom is 0.339 e. The van der Waals surface area contributed by atoms with Crippen molar-refractivity contribution in [2.45, 2.75) is 24.9 Å². The van der Waals surface area contributed by atoms with E-state index in [9.17, 15) is 9.59 Å². The van der Waals surface area contributed by atoms with Crippen LogP contribution in [0.15, 0.2) is 54.1 Å². The molecule has 0 N–H and O–H groups in total. The van der Waals surface area contributed by atoms with E-state index in [1.54, 1.807) is 23.6 Å². The third-order valence-electron chi connectivity index (χ3n) is 7.45. The number of carbonyl (C=O) groups excluding carboxylic acids is 2. The van der Waals surface area contributed by atoms with Crippen LogP contribution in [0.1, 0.15) is 28.8 Å². The Kier molecular flexibility index (Phi) is 5.78. The van der Waals surface area contributed by atoms with Crippen LogP contribution in [0.3, 0.4) is 0 Å². The molecule has 2 unspecified atom stereocenters. The molecule has 3 aliphatic heterocycles. The summed E-state index contributed by atoms with van der Waals surface area (Å²) < 4.78 is 6.08. The van der Waals surface area contributed by atoms with E-state index in [0.29, 0.717) is 37.3 Å². The molecular formula is C27H28N4O3S. The van der Waals surface area contributed by atoms with Gasteiger partial charge in [-0.25, -0.2) is 9.78 Å². The van der Waals surface area contributed by atoms with Crippen LogP contribution in [0.25, 0.3) is 15.7 Å². The second-order valence-electron chi connectivity index (χ2n) is 9.53. The van der Waals surface area contributed by atoms with Crippen molar-refractivity contribution in [2.24, 2.45) is 0 Å². The lowest BCUT2D eigenvalue weighted by atomic mass is 10.1. The molecule has 2 aromatic heterocycles. The summed E-state index contributed by atoms with van der Waals surface area (Å²) in [7, 11) is 1.38. The molecule has 35 heavy (non-hydrogen) atoms. The van der Waals surface area contributed by atoms with E-state index < -0.39 is 0 Å². The highest BCUT2D eigenvalue weighted by molar-refractivity contribution is 7.17. The van der Waals surface area contributed by atoms with Gasteiger partial charge in [-0.05, 0) is 52.9 Å². The van der Waals surface area contributed by atoms with Gasteiger partial charge in [0.05, 0.1) is 19.2 Å². The number of aromatic nitrogens is 1. The third-order valence-corrected chi connectivity index (χ3v) is 8.41. The molecule has 2 bridgehead atoms. The molecule has 1 aromatic carbocycles. The molecule has 180 valence electrons. The minimum atomic E-state index is -0.373. The molecule has 0 aliphatic carbocycles. The number of fused-ring (bicyclic) bond motifs is 3. The number of hydrogen-bond donors (Lipinski definition) is 0. The highest BCUT2D eigenvalue weighted by Gasteiger charge is 2.41. The number of thiophene rings is 1. The molecule has 7 nitrogen and oxygen atoms in total. The molecule has 6 rings (SSSR count). The van der Waals surface area contributed by atoms with Crippen LogP contribution >= 0.6 is 11.3 Å². The largest absolute Gasteiger partial charge is 0.465 e. The van der Waals surface area contributed by atoms with E-state index in [1.165, 1.54) is 28.3 Å². The van der Waals surface area contributed by atoms with Crippen LogP contribution in [0.2, 0.25) is 0 Å². The number of nitrogens with zero attached hydrogens (tertiary/aromatic N) is 4. The van der Waals surface area contributed by atoms with Gasteiger partial charge in [0.15, 0.2) is 0 Å². The summed E-state index contributed by atoms with van der Waals surface area (Å²) in [5.41, 5.74) is 2.96. The Hall–Kier alpha value is -3.23. The first-order valence-electron chi connectivity index (χ1n) is 12.1. The lowest BCUT2D eigenvalue weighted by Gasteiger charge is -2.41. The van der Waals surface area contributed by atoms with Crippen molar-refractivity contribution in [3.05, 3.63) is 65.2 Å². The lowest BCUT2D eigenvalue weighted by Crippen LogP contribution is -2.56. The molecule has 2 fully saturated rings. The van der Waals surface area contributed by atoms with Gasteiger partial charge in [-0.15, -0.1) is 11.3 Å². The standard InChI is InChI=1S/C27H28N4O3S/c1-34-27(33)19-5-8-24(28-13-19)31-21-6-7-22(31)16-29(15-21)17-25(32)30-11-9-20(14-30)23-4-2-3-18-10-12-35-26(18)23/h2-5,8-10,12-13,21-22H,6-7,11,14-17H2,1H3. The number of piperazine rings is 1. The van der Waals surface area contributed by atoms with E-state index in [4.69, 9.17) is 4.74 Å². The summed E-state index contributed by atoms with van der Waals surface area (Å²) in [6.45, 7) is 3.52. The van der Waals surface area contributed by atoms with Gasteiger partial charge in [-0.1, -0.05) is 24.3 Å². The van der Waals surface area contributed by atoms with Crippen LogP contribution < -0.4 is 4.90 Å². The SMILES string of the molecule is COC(=O)c1ccc(N2C3CCC2CN(CC(=O)N2CC=C(c4cccc5ccsc45)C2)C3)nc1. The molecule has 0 saturated carbocycles. The average molecular weight is 489 g/mol. The zero-order valence-corrected chi connectivity index (χ0v) is 20.5. The highest BCUT2D eigenvalue weighted by atomic mass is 32.1. The predicted octanol–water partition coefficient (Wildman–Crippen LogP) is 3.66. The molecule has 2 atom stereocenters. The van der Waals surface area contributed by atoms with E-state index in [1.807, 2.05) is 11.0 Å². The predicted molar refractivity (Wildman–Crippen MR) is 138 cm³/mol. The van der Waals surface area contributed by atoms with E-state index in [-0.39, 0.29) is 11.9 Å². The second-order valence-corrected chi connectivity index (χ2v) is 10.4. The number of anilines is 1. The van der Waals surface area contributed by atoms with Crippen molar-refractivity contribution in [2.75, 3.05) is 44.7 Å². The number of likely N-dealkylation sites (tertiary alicyclic amines) is 1. The molecule has 0 radical (unpaired) electrons. The minimum Gasteiger partial charge on any atom is -0.465 e. The molecular weight excluding hydrogens is 460 g/mol. The van der Waals surface area contributed by atoms with E-state index in [2.05, 4.69) is 50.5 Å². The molecule has 3 aliphatic rings. The fraction of sp³-hybridized carbons (Fsp3) is 0.370. The minimum absolute atomic E-state index is 0.197. The molecule has 8 heteroatoms. The number of rotatable bonds is 5. The van der Waals surface area contributed by atoms with Gasteiger partial charge in [0, 0.05) is 49.2 Å².